The molecule has 2 aromatic rings. The van der Waals surface area contributed by atoms with Crippen LogP contribution >= 0.6 is 0 Å². The first-order valence-corrected chi connectivity index (χ1v) is 8.77. The van der Waals surface area contributed by atoms with Crippen molar-refractivity contribution in [1.29, 1.82) is 0 Å². The van der Waals surface area contributed by atoms with Gasteiger partial charge in [0.1, 0.15) is 12.4 Å². The molecule has 0 heterocycles. The second kappa shape index (κ2) is 7.96. The van der Waals surface area contributed by atoms with Crippen molar-refractivity contribution >= 4 is 27.6 Å². The lowest BCUT2D eigenvalue weighted by molar-refractivity contribution is -0.138. The summed E-state index contributed by atoms with van der Waals surface area (Å²) in [6, 6.07) is 9.65. The minimum atomic E-state index is -4.17. The number of sulfonamides is 1. The van der Waals surface area contributed by atoms with Crippen LogP contribution in [-0.2, 0) is 24.3 Å². The Balaban J connectivity index is 2.47. The Morgan fingerprint density at radius 1 is 0.962 bits per heavy atom. The first-order chi connectivity index (χ1) is 12.3. The number of halogens is 1. The zero-order valence-corrected chi connectivity index (χ0v) is 14.8. The molecule has 0 amide bonds. The zero-order valence-electron chi connectivity index (χ0n) is 14.0. The van der Waals surface area contributed by atoms with Gasteiger partial charge in [0.05, 0.1) is 30.4 Å². The van der Waals surface area contributed by atoms with Crippen molar-refractivity contribution in [2.45, 2.75) is 4.90 Å². The first kappa shape index (κ1) is 19.4. The Kier molecular flexibility index (Phi) is 5.93. The van der Waals surface area contributed by atoms with Crippen molar-refractivity contribution in [3.8, 4) is 0 Å². The summed E-state index contributed by atoms with van der Waals surface area (Å²) in [5.41, 5.74) is 0.348. The van der Waals surface area contributed by atoms with E-state index in [4.69, 9.17) is 0 Å². The average molecular weight is 381 g/mol. The third-order valence-electron chi connectivity index (χ3n) is 3.48. The van der Waals surface area contributed by atoms with Gasteiger partial charge in [-0.05, 0) is 48.5 Å². The molecule has 0 fully saturated rings. The van der Waals surface area contributed by atoms with Crippen molar-refractivity contribution in [1.82, 2.24) is 0 Å². The first-order valence-electron chi connectivity index (χ1n) is 7.33. The molecule has 0 aliphatic carbocycles. The van der Waals surface area contributed by atoms with Gasteiger partial charge < -0.3 is 9.47 Å². The highest BCUT2D eigenvalue weighted by molar-refractivity contribution is 7.92. The number of nitrogens with zero attached hydrogens (tertiary/aromatic N) is 1. The fourth-order valence-electron chi connectivity index (χ4n) is 2.11. The molecule has 0 unspecified atom stereocenters. The van der Waals surface area contributed by atoms with Crippen molar-refractivity contribution in [2.24, 2.45) is 0 Å². The van der Waals surface area contributed by atoms with Gasteiger partial charge in [0.25, 0.3) is 10.0 Å². The lowest BCUT2D eigenvalue weighted by Gasteiger charge is -2.23. The Morgan fingerprint density at radius 2 is 1.54 bits per heavy atom. The van der Waals surface area contributed by atoms with Crippen LogP contribution in [0.4, 0.5) is 10.1 Å². The quantitative estimate of drug-likeness (QED) is 0.711. The molecule has 2 aromatic carbocycles. The molecule has 0 aliphatic rings. The molecule has 0 spiro atoms. The highest BCUT2D eigenvalue weighted by atomic mass is 32.2. The number of hydrogen-bond donors (Lipinski definition) is 0. The number of anilines is 1. The fourth-order valence-corrected chi connectivity index (χ4v) is 3.52. The lowest BCUT2D eigenvalue weighted by atomic mass is 10.2. The number of hydrogen-bond acceptors (Lipinski definition) is 6. The zero-order chi connectivity index (χ0) is 19.3. The summed E-state index contributed by atoms with van der Waals surface area (Å²) in [5, 5.41) is 0. The maximum absolute atomic E-state index is 13.1. The largest absolute Gasteiger partial charge is 0.468 e. The molecule has 9 heteroatoms. The van der Waals surface area contributed by atoms with Crippen LogP contribution in [0.3, 0.4) is 0 Å². The standard InChI is InChI=1S/C17H16FNO6S/c1-24-16(20)11-19(14-7-3-12(4-8-14)17(21)25-2)26(22,23)15-9-5-13(18)6-10-15/h3-10H,11H2,1-2H3. The Morgan fingerprint density at radius 3 is 2.04 bits per heavy atom. The highest BCUT2D eigenvalue weighted by Gasteiger charge is 2.27. The van der Waals surface area contributed by atoms with Gasteiger partial charge >= 0.3 is 11.9 Å². The number of benzene rings is 2. The van der Waals surface area contributed by atoms with Gasteiger partial charge in [0.2, 0.25) is 0 Å². The molecule has 0 bridgehead atoms. The van der Waals surface area contributed by atoms with E-state index in [9.17, 15) is 22.4 Å². The molecule has 0 saturated heterocycles. The van der Waals surface area contributed by atoms with E-state index in [2.05, 4.69) is 9.47 Å². The molecule has 0 saturated carbocycles. The maximum Gasteiger partial charge on any atom is 0.337 e. The monoisotopic (exact) mass is 381 g/mol. The summed E-state index contributed by atoms with van der Waals surface area (Å²) in [5.74, 6) is -1.96. The van der Waals surface area contributed by atoms with Crippen molar-refractivity contribution in [3.05, 3.63) is 59.9 Å². The fraction of sp³-hybridized carbons (Fsp3) is 0.176. The summed E-state index contributed by atoms with van der Waals surface area (Å²) in [7, 11) is -1.81. The number of carbonyl (C=O) groups is 2. The Hall–Kier alpha value is -2.94. The summed E-state index contributed by atoms with van der Waals surface area (Å²) in [6.07, 6.45) is 0. The van der Waals surface area contributed by atoms with Gasteiger partial charge in [0, 0.05) is 0 Å². The van der Waals surface area contributed by atoms with Crippen LogP contribution in [0.2, 0.25) is 0 Å². The van der Waals surface area contributed by atoms with Crippen LogP contribution in [0.1, 0.15) is 10.4 Å². The van der Waals surface area contributed by atoms with Gasteiger partial charge in [-0.3, -0.25) is 9.10 Å². The van der Waals surface area contributed by atoms with E-state index in [0.717, 1.165) is 35.7 Å². The third-order valence-corrected chi connectivity index (χ3v) is 5.27. The molecule has 0 aliphatic heterocycles. The SMILES string of the molecule is COC(=O)CN(c1ccc(C(=O)OC)cc1)S(=O)(=O)c1ccc(F)cc1. The lowest BCUT2D eigenvalue weighted by Crippen LogP contribution is -2.36. The van der Waals surface area contributed by atoms with Gasteiger partial charge in [0.15, 0.2) is 0 Å². The van der Waals surface area contributed by atoms with Crippen LogP contribution in [0.5, 0.6) is 0 Å². The van der Waals surface area contributed by atoms with Crippen LogP contribution in [0, 0.1) is 5.82 Å². The normalized spacial score (nSPS) is 10.9. The molecule has 0 aromatic heterocycles. The minimum absolute atomic E-state index is 0.132. The minimum Gasteiger partial charge on any atom is -0.468 e. The maximum atomic E-state index is 13.1. The number of carbonyl (C=O) groups excluding carboxylic acids is 2. The van der Waals surface area contributed by atoms with Crippen molar-refractivity contribution < 1.29 is 31.9 Å². The third kappa shape index (κ3) is 4.17. The van der Waals surface area contributed by atoms with E-state index in [1.807, 2.05) is 0 Å². The van der Waals surface area contributed by atoms with Gasteiger partial charge in [-0.15, -0.1) is 0 Å². The number of ether oxygens (including phenoxy) is 2. The van der Waals surface area contributed by atoms with Crippen LogP contribution < -0.4 is 4.31 Å². The molecule has 2 rings (SSSR count). The summed E-state index contributed by atoms with van der Waals surface area (Å²) in [4.78, 5) is 23.0. The second-order valence-corrected chi connectivity index (χ2v) is 6.94. The van der Waals surface area contributed by atoms with E-state index in [1.54, 1.807) is 0 Å². The van der Waals surface area contributed by atoms with Crippen molar-refractivity contribution in [3.63, 3.8) is 0 Å². The van der Waals surface area contributed by atoms with E-state index >= 15 is 0 Å². The molecule has 7 nitrogen and oxygen atoms in total. The van der Waals surface area contributed by atoms with E-state index in [-0.39, 0.29) is 16.1 Å². The molecule has 0 radical (unpaired) electrons. The molecular weight excluding hydrogens is 365 g/mol. The predicted molar refractivity (Wildman–Crippen MR) is 90.7 cm³/mol. The van der Waals surface area contributed by atoms with Crippen LogP contribution in [0.25, 0.3) is 0 Å². The Labute approximate surface area is 150 Å². The number of esters is 2. The van der Waals surface area contributed by atoms with Gasteiger partial charge in [-0.2, -0.15) is 0 Å². The number of rotatable bonds is 6. The summed E-state index contributed by atoms with van der Waals surface area (Å²) >= 11 is 0. The molecule has 0 atom stereocenters. The highest BCUT2D eigenvalue weighted by Crippen LogP contribution is 2.24. The second-order valence-electron chi connectivity index (χ2n) is 5.08. The molecule has 26 heavy (non-hydrogen) atoms. The molecule has 0 N–H and O–H groups in total. The topological polar surface area (TPSA) is 90.0 Å². The Bertz CT molecular complexity index is 894. The van der Waals surface area contributed by atoms with E-state index in [1.165, 1.54) is 31.4 Å². The van der Waals surface area contributed by atoms with Gasteiger partial charge in [-0.25, -0.2) is 17.6 Å². The van der Waals surface area contributed by atoms with Gasteiger partial charge in [-0.1, -0.05) is 0 Å². The van der Waals surface area contributed by atoms with E-state index in [0.29, 0.717) is 0 Å². The summed E-state index contributed by atoms with van der Waals surface area (Å²) < 4.78 is 48.8. The molecular formula is C17H16FNO6S. The average Bonchev–Trinajstić information content (AvgIpc) is 2.65. The summed E-state index contributed by atoms with van der Waals surface area (Å²) in [6.45, 7) is -0.590. The smallest absolute Gasteiger partial charge is 0.337 e. The predicted octanol–water partition coefficient (Wildman–Crippen LogP) is 1.98. The molecule has 138 valence electrons. The van der Waals surface area contributed by atoms with E-state index < -0.39 is 34.3 Å². The van der Waals surface area contributed by atoms with Crippen LogP contribution in [0.15, 0.2) is 53.4 Å². The van der Waals surface area contributed by atoms with Crippen LogP contribution in [-0.4, -0.2) is 41.1 Å². The van der Waals surface area contributed by atoms with Crippen molar-refractivity contribution in [2.75, 3.05) is 25.1 Å². The number of methoxy groups -OCH3 is 2.